The van der Waals surface area contributed by atoms with Gasteiger partial charge >= 0.3 is 0 Å². The molecular weight excluding hydrogens is 271 g/mol. The van der Waals surface area contributed by atoms with Crippen LogP contribution < -0.4 is 5.73 Å². The molecule has 3 nitrogen and oxygen atoms in total. The first-order valence-corrected chi connectivity index (χ1v) is 6.82. The Hall–Kier alpha value is -0.770. The zero-order chi connectivity index (χ0) is 13.1. The van der Waals surface area contributed by atoms with E-state index in [4.69, 9.17) is 28.9 Å². The first-order valence-electron chi connectivity index (χ1n) is 6.06. The van der Waals surface area contributed by atoms with E-state index in [-0.39, 0.29) is 5.91 Å². The summed E-state index contributed by atoms with van der Waals surface area (Å²) in [5, 5.41) is 0.942. The van der Waals surface area contributed by atoms with E-state index in [1.807, 2.05) is 4.90 Å². The second kappa shape index (κ2) is 5.91. The molecule has 1 aliphatic rings. The van der Waals surface area contributed by atoms with Crippen LogP contribution in [0.15, 0.2) is 18.2 Å². The number of amides is 1. The van der Waals surface area contributed by atoms with Crippen LogP contribution in [-0.2, 0) is 0 Å². The molecule has 0 bridgehead atoms. The first kappa shape index (κ1) is 13.7. The smallest absolute Gasteiger partial charge is 0.255 e. The minimum absolute atomic E-state index is 0.0326. The van der Waals surface area contributed by atoms with E-state index in [0.29, 0.717) is 34.6 Å². The summed E-state index contributed by atoms with van der Waals surface area (Å²) in [4.78, 5) is 14.2. The van der Waals surface area contributed by atoms with E-state index >= 15 is 0 Å². The molecule has 0 radical (unpaired) electrons. The van der Waals surface area contributed by atoms with Crippen molar-refractivity contribution in [1.82, 2.24) is 4.90 Å². The van der Waals surface area contributed by atoms with Gasteiger partial charge in [-0.3, -0.25) is 4.79 Å². The second-order valence-corrected chi connectivity index (χ2v) is 5.46. The highest BCUT2D eigenvalue weighted by atomic mass is 35.5. The number of hydrogen-bond donors (Lipinski definition) is 1. The quantitative estimate of drug-likeness (QED) is 0.909. The molecule has 0 spiro atoms. The Morgan fingerprint density at radius 1 is 1.44 bits per heavy atom. The molecule has 2 N–H and O–H groups in total. The van der Waals surface area contributed by atoms with Gasteiger partial charge < -0.3 is 10.6 Å². The molecule has 1 atom stereocenters. The SMILES string of the molecule is NCC1CCCN(C(=O)c2ccc(Cl)cc2Cl)C1. The van der Waals surface area contributed by atoms with Gasteiger partial charge in [0, 0.05) is 18.1 Å². The number of halogens is 2. The summed E-state index contributed by atoms with van der Waals surface area (Å²) in [6, 6.07) is 4.96. The van der Waals surface area contributed by atoms with Crippen molar-refractivity contribution in [1.29, 1.82) is 0 Å². The Kier molecular flexibility index (Phi) is 4.49. The summed E-state index contributed by atoms with van der Waals surface area (Å²) in [6.07, 6.45) is 2.09. The summed E-state index contributed by atoms with van der Waals surface area (Å²) in [6.45, 7) is 2.11. The molecule has 5 heteroatoms. The third kappa shape index (κ3) is 2.97. The van der Waals surface area contributed by atoms with Crippen LogP contribution >= 0.6 is 23.2 Å². The zero-order valence-electron chi connectivity index (χ0n) is 10.0. The lowest BCUT2D eigenvalue weighted by atomic mass is 9.97. The summed E-state index contributed by atoms with van der Waals surface area (Å²) < 4.78 is 0. The van der Waals surface area contributed by atoms with Gasteiger partial charge in [-0.05, 0) is 43.5 Å². The van der Waals surface area contributed by atoms with Crippen LogP contribution in [0.3, 0.4) is 0 Å². The molecule has 1 aliphatic heterocycles. The van der Waals surface area contributed by atoms with Gasteiger partial charge in [0.15, 0.2) is 0 Å². The largest absolute Gasteiger partial charge is 0.338 e. The van der Waals surface area contributed by atoms with E-state index in [1.165, 1.54) is 0 Å². The molecule has 1 amide bonds. The van der Waals surface area contributed by atoms with E-state index < -0.39 is 0 Å². The van der Waals surface area contributed by atoms with Crippen molar-refractivity contribution in [2.24, 2.45) is 11.7 Å². The Labute approximate surface area is 117 Å². The average molecular weight is 287 g/mol. The maximum Gasteiger partial charge on any atom is 0.255 e. The molecule has 0 saturated carbocycles. The average Bonchev–Trinajstić information content (AvgIpc) is 2.38. The summed E-state index contributed by atoms with van der Waals surface area (Å²) >= 11 is 11.9. The van der Waals surface area contributed by atoms with Crippen molar-refractivity contribution in [2.75, 3.05) is 19.6 Å². The fourth-order valence-corrected chi connectivity index (χ4v) is 2.76. The fraction of sp³-hybridized carbons (Fsp3) is 0.462. The molecule has 98 valence electrons. The van der Waals surface area contributed by atoms with Gasteiger partial charge in [-0.25, -0.2) is 0 Å². The molecule has 1 heterocycles. The van der Waals surface area contributed by atoms with Crippen LogP contribution in [0, 0.1) is 5.92 Å². The predicted octanol–water partition coefficient (Wildman–Crippen LogP) is 2.80. The van der Waals surface area contributed by atoms with Gasteiger partial charge in [0.1, 0.15) is 0 Å². The van der Waals surface area contributed by atoms with Crippen molar-refractivity contribution in [3.63, 3.8) is 0 Å². The minimum Gasteiger partial charge on any atom is -0.338 e. The molecule has 1 unspecified atom stereocenters. The molecule has 0 aliphatic carbocycles. The number of nitrogens with zero attached hydrogens (tertiary/aromatic N) is 1. The number of rotatable bonds is 2. The first-order chi connectivity index (χ1) is 8.61. The third-order valence-electron chi connectivity index (χ3n) is 3.30. The molecule has 0 aromatic heterocycles. The van der Waals surface area contributed by atoms with Gasteiger partial charge in [-0.2, -0.15) is 0 Å². The van der Waals surface area contributed by atoms with E-state index in [2.05, 4.69) is 0 Å². The molecule has 1 fully saturated rings. The maximum atomic E-state index is 12.4. The number of hydrogen-bond acceptors (Lipinski definition) is 2. The van der Waals surface area contributed by atoms with Crippen molar-refractivity contribution < 1.29 is 4.79 Å². The standard InChI is InChI=1S/C13H16Cl2N2O/c14-10-3-4-11(12(15)6-10)13(18)17-5-1-2-9(7-16)8-17/h3-4,6,9H,1-2,5,7-8,16H2. The highest BCUT2D eigenvalue weighted by molar-refractivity contribution is 6.36. The Morgan fingerprint density at radius 2 is 2.22 bits per heavy atom. The van der Waals surface area contributed by atoms with Crippen LogP contribution in [0.25, 0.3) is 0 Å². The number of likely N-dealkylation sites (tertiary alicyclic amines) is 1. The maximum absolute atomic E-state index is 12.4. The van der Waals surface area contributed by atoms with Crippen molar-refractivity contribution >= 4 is 29.1 Å². The lowest BCUT2D eigenvalue weighted by molar-refractivity contribution is 0.0678. The molecule has 1 saturated heterocycles. The molecule has 1 aromatic rings. The number of carbonyl (C=O) groups excluding carboxylic acids is 1. The Balaban J connectivity index is 2.15. The van der Waals surface area contributed by atoms with Crippen molar-refractivity contribution in [3.8, 4) is 0 Å². The molecule has 18 heavy (non-hydrogen) atoms. The number of benzene rings is 1. The van der Waals surface area contributed by atoms with Crippen molar-refractivity contribution in [3.05, 3.63) is 33.8 Å². The topological polar surface area (TPSA) is 46.3 Å². The highest BCUT2D eigenvalue weighted by Gasteiger charge is 2.24. The van der Waals surface area contributed by atoms with E-state index in [0.717, 1.165) is 19.4 Å². The van der Waals surface area contributed by atoms with E-state index in [1.54, 1.807) is 18.2 Å². The Morgan fingerprint density at radius 3 is 2.89 bits per heavy atom. The van der Waals surface area contributed by atoms with Crippen LogP contribution in [0.1, 0.15) is 23.2 Å². The van der Waals surface area contributed by atoms with Crippen LogP contribution in [0.5, 0.6) is 0 Å². The second-order valence-electron chi connectivity index (χ2n) is 4.62. The summed E-state index contributed by atoms with van der Waals surface area (Å²) in [5.74, 6) is 0.364. The number of nitrogens with two attached hydrogens (primary N) is 1. The van der Waals surface area contributed by atoms with Crippen LogP contribution in [0.4, 0.5) is 0 Å². The molecule has 2 rings (SSSR count). The molecular formula is C13H16Cl2N2O. The lowest BCUT2D eigenvalue weighted by Gasteiger charge is -2.32. The van der Waals surface area contributed by atoms with E-state index in [9.17, 15) is 4.79 Å². The fourth-order valence-electron chi connectivity index (χ4n) is 2.28. The minimum atomic E-state index is -0.0326. The van der Waals surface area contributed by atoms with Gasteiger partial charge in [0.2, 0.25) is 0 Å². The van der Waals surface area contributed by atoms with Gasteiger partial charge in [0.25, 0.3) is 5.91 Å². The predicted molar refractivity (Wildman–Crippen MR) is 74.1 cm³/mol. The lowest BCUT2D eigenvalue weighted by Crippen LogP contribution is -2.42. The molecule has 1 aromatic carbocycles. The van der Waals surface area contributed by atoms with Gasteiger partial charge in [-0.15, -0.1) is 0 Å². The number of carbonyl (C=O) groups is 1. The monoisotopic (exact) mass is 286 g/mol. The highest BCUT2D eigenvalue weighted by Crippen LogP contribution is 2.24. The van der Waals surface area contributed by atoms with Crippen molar-refractivity contribution in [2.45, 2.75) is 12.8 Å². The van der Waals surface area contributed by atoms with Crippen LogP contribution in [0.2, 0.25) is 10.0 Å². The Bertz CT molecular complexity index is 451. The summed E-state index contributed by atoms with van der Waals surface area (Å²) in [7, 11) is 0. The van der Waals surface area contributed by atoms with Crippen LogP contribution in [-0.4, -0.2) is 30.4 Å². The summed E-state index contributed by atoms with van der Waals surface area (Å²) in [5.41, 5.74) is 6.19. The number of piperidine rings is 1. The third-order valence-corrected chi connectivity index (χ3v) is 3.85. The zero-order valence-corrected chi connectivity index (χ0v) is 11.5. The van der Waals surface area contributed by atoms with Gasteiger partial charge in [0.05, 0.1) is 10.6 Å². The van der Waals surface area contributed by atoms with Gasteiger partial charge in [-0.1, -0.05) is 23.2 Å². The normalized spacial score (nSPS) is 19.9.